The zero-order valence-electron chi connectivity index (χ0n) is 24.9. The summed E-state index contributed by atoms with van der Waals surface area (Å²) in [5, 5.41) is 9.61. The quantitative estimate of drug-likeness (QED) is 0.100. The van der Waals surface area contributed by atoms with Gasteiger partial charge >= 0.3 is 0 Å². The van der Waals surface area contributed by atoms with Crippen molar-refractivity contribution in [3.63, 3.8) is 0 Å². The molecule has 2 aromatic rings. The molecular weight excluding hydrogens is 518 g/mol. The Labute approximate surface area is 242 Å². The van der Waals surface area contributed by atoms with Crippen molar-refractivity contribution in [2.75, 3.05) is 51.1 Å². The molecule has 11 heteroatoms. The third-order valence-electron chi connectivity index (χ3n) is 7.17. The third-order valence-corrected chi connectivity index (χ3v) is 7.17. The number of carbonyl (C=O) groups excluding carboxylic acids is 1. The van der Waals surface area contributed by atoms with Crippen LogP contribution in [0.1, 0.15) is 32.3 Å². The molecule has 3 rings (SSSR count). The normalized spacial score (nSPS) is 14.9. The number of benzene rings is 1. The fraction of sp³-hybridized carbons (Fsp3) is 0.433. The van der Waals surface area contributed by atoms with E-state index < -0.39 is 0 Å². The van der Waals surface area contributed by atoms with E-state index in [1.165, 1.54) is 33.4 Å². The maximum Gasteiger partial charge on any atom is 0.278 e. The van der Waals surface area contributed by atoms with Crippen molar-refractivity contribution < 1.29 is 4.79 Å². The van der Waals surface area contributed by atoms with Crippen molar-refractivity contribution in [2.45, 2.75) is 45.3 Å². The molecule has 0 bridgehead atoms. The van der Waals surface area contributed by atoms with Gasteiger partial charge in [-0.1, -0.05) is 6.08 Å². The summed E-state index contributed by atoms with van der Waals surface area (Å²) in [5.41, 5.74) is 2.09. The first-order chi connectivity index (χ1) is 19.7. The fourth-order valence-corrected chi connectivity index (χ4v) is 4.59. The van der Waals surface area contributed by atoms with Gasteiger partial charge in [-0.2, -0.15) is 5.10 Å². The average Bonchev–Trinajstić information content (AvgIpc) is 3.23. The Kier molecular flexibility index (Phi) is 11.4. The van der Waals surface area contributed by atoms with Gasteiger partial charge in [-0.3, -0.25) is 19.6 Å². The number of carbonyl (C=O) groups is 1. The average molecular weight is 562 g/mol. The number of rotatable bonds is 13. The van der Waals surface area contributed by atoms with E-state index in [0.717, 1.165) is 31.6 Å². The van der Waals surface area contributed by atoms with Crippen molar-refractivity contribution in [1.29, 1.82) is 0 Å². The highest BCUT2D eigenvalue weighted by molar-refractivity contribution is 6.00. The van der Waals surface area contributed by atoms with E-state index >= 15 is 0 Å². The van der Waals surface area contributed by atoms with Gasteiger partial charge in [0.15, 0.2) is 11.7 Å². The number of nitrogens with zero attached hydrogens (tertiary/aromatic N) is 8. The Hall–Kier alpha value is -4.25. The molecule has 1 aromatic heterocycles. The molecular formula is C30H43N9O2. The minimum absolute atomic E-state index is 0.0846. The topological polar surface area (TPSA) is 103 Å². The van der Waals surface area contributed by atoms with Crippen LogP contribution in [0.4, 0.5) is 17.2 Å². The van der Waals surface area contributed by atoms with Gasteiger partial charge in [-0.25, -0.2) is 14.4 Å². The van der Waals surface area contributed by atoms with Gasteiger partial charge in [-0.05, 0) is 83.9 Å². The largest absolute Gasteiger partial charge is 0.371 e. The molecule has 0 saturated carbocycles. The lowest BCUT2D eigenvalue weighted by Crippen LogP contribution is -2.41. The van der Waals surface area contributed by atoms with Crippen molar-refractivity contribution in [2.24, 2.45) is 15.1 Å². The molecule has 1 fully saturated rings. The number of hydrogen-bond acceptors (Lipinski definition) is 9. The molecule has 0 amide bonds. The zero-order valence-corrected chi connectivity index (χ0v) is 24.9. The summed E-state index contributed by atoms with van der Waals surface area (Å²) in [6, 6.07) is 9.06. The summed E-state index contributed by atoms with van der Waals surface area (Å²) in [6.07, 6.45) is 8.91. The number of aldehydes is 1. The lowest BCUT2D eigenvalue weighted by atomic mass is 10.0. The van der Waals surface area contributed by atoms with Gasteiger partial charge in [0.25, 0.3) is 5.56 Å². The summed E-state index contributed by atoms with van der Waals surface area (Å²) in [6.45, 7) is 14.0. The van der Waals surface area contributed by atoms with E-state index in [2.05, 4.69) is 69.7 Å². The van der Waals surface area contributed by atoms with Crippen LogP contribution in [-0.2, 0) is 11.3 Å². The summed E-state index contributed by atoms with van der Waals surface area (Å²) in [4.78, 5) is 37.8. The van der Waals surface area contributed by atoms with Crippen molar-refractivity contribution in [3.8, 4) is 0 Å². The van der Waals surface area contributed by atoms with E-state index in [1.807, 2.05) is 33.0 Å². The lowest BCUT2D eigenvalue weighted by molar-refractivity contribution is -0.104. The molecule has 1 N–H and O–H groups in total. The van der Waals surface area contributed by atoms with Gasteiger partial charge in [0, 0.05) is 49.8 Å². The number of hydrogen-bond donors (Lipinski definition) is 1. The van der Waals surface area contributed by atoms with Gasteiger partial charge in [-0.15, -0.1) is 6.58 Å². The Bertz CT molecular complexity index is 1320. The SMILES string of the molecule is C=CCn1c(=O)c(/C=N\CNc2ccc(N3CCC(N(C)C)CC3)cc2)c(N=C)n1C(/C=C\C=O)=N/N(C)C(C)C. The monoisotopic (exact) mass is 561 g/mol. The van der Waals surface area contributed by atoms with E-state index in [1.54, 1.807) is 11.1 Å². The van der Waals surface area contributed by atoms with Crippen LogP contribution in [-0.4, -0.2) is 97.3 Å². The van der Waals surface area contributed by atoms with Crippen LogP contribution in [0.2, 0.25) is 0 Å². The molecule has 0 aliphatic carbocycles. The van der Waals surface area contributed by atoms with Crippen molar-refractivity contribution in [3.05, 3.63) is 65.0 Å². The highest BCUT2D eigenvalue weighted by atomic mass is 16.1. The molecule has 41 heavy (non-hydrogen) atoms. The highest BCUT2D eigenvalue weighted by Gasteiger charge is 2.22. The zero-order chi connectivity index (χ0) is 29.9. The number of anilines is 2. The lowest BCUT2D eigenvalue weighted by Gasteiger charge is -2.36. The van der Waals surface area contributed by atoms with E-state index in [4.69, 9.17) is 0 Å². The number of allylic oxidation sites excluding steroid dienone is 3. The van der Waals surface area contributed by atoms with Crippen LogP contribution >= 0.6 is 0 Å². The smallest absolute Gasteiger partial charge is 0.278 e. The highest BCUT2D eigenvalue weighted by Crippen LogP contribution is 2.23. The predicted octanol–water partition coefficient (Wildman–Crippen LogP) is 3.44. The Balaban J connectivity index is 1.79. The van der Waals surface area contributed by atoms with E-state index in [-0.39, 0.29) is 36.2 Å². The van der Waals surface area contributed by atoms with E-state index in [9.17, 15) is 9.59 Å². The maximum atomic E-state index is 13.4. The van der Waals surface area contributed by atoms with Crippen LogP contribution in [0.15, 0.2) is 69.0 Å². The third kappa shape index (κ3) is 7.91. The Morgan fingerprint density at radius 1 is 1.17 bits per heavy atom. The van der Waals surface area contributed by atoms with Crippen LogP contribution < -0.4 is 15.8 Å². The minimum atomic E-state index is -0.321. The molecule has 11 nitrogen and oxygen atoms in total. The summed E-state index contributed by atoms with van der Waals surface area (Å²) in [7, 11) is 6.11. The maximum absolute atomic E-state index is 13.4. The molecule has 2 heterocycles. The predicted molar refractivity (Wildman–Crippen MR) is 170 cm³/mol. The minimum Gasteiger partial charge on any atom is -0.371 e. The summed E-state index contributed by atoms with van der Waals surface area (Å²) in [5.74, 6) is 0.605. The molecule has 0 spiro atoms. The molecule has 0 atom stereocenters. The van der Waals surface area contributed by atoms with Crippen molar-refractivity contribution >= 4 is 42.2 Å². The first kappa shape index (κ1) is 31.3. The summed E-state index contributed by atoms with van der Waals surface area (Å²) >= 11 is 0. The van der Waals surface area contributed by atoms with Crippen LogP contribution in [0.25, 0.3) is 0 Å². The van der Waals surface area contributed by atoms with Crippen molar-refractivity contribution in [1.82, 2.24) is 19.3 Å². The number of hydrazone groups is 1. The van der Waals surface area contributed by atoms with Gasteiger partial charge < -0.3 is 15.1 Å². The van der Waals surface area contributed by atoms with Crippen LogP contribution in [0, 0.1) is 0 Å². The first-order valence-corrected chi connectivity index (χ1v) is 13.8. The second-order valence-corrected chi connectivity index (χ2v) is 10.4. The molecule has 1 aliphatic rings. The Morgan fingerprint density at radius 2 is 1.85 bits per heavy atom. The van der Waals surface area contributed by atoms with E-state index in [0.29, 0.717) is 18.2 Å². The molecule has 0 radical (unpaired) electrons. The second kappa shape index (κ2) is 14.9. The standard InChI is InChI=1S/C30H43N9O2/c1-8-17-38-30(41)27(29(31-4)39(38)28(10-9-20-40)34-36(7)23(2)3)21-32-22-33-24-11-13-26(14-12-24)37-18-15-25(16-19-37)35(5)6/h8-14,20-21,23,25,33H,1,4,15-19,22H2,2-3,5-7H3/b10-9-,32-21-,34-28+. The Morgan fingerprint density at radius 3 is 2.41 bits per heavy atom. The number of aliphatic imine (C=N–C) groups is 2. The summed E-state index contributed by atoms with van der Waals surface area (Å²) < 4.78 is 2.97. The molecule has 0 unspecified atom stereocenters. The molecule has 1 aliphatic heterocycles. The van der Waals surface area contributed by atoms with Gasteiger partial charge in [0.1, 0.15) is 18.5 Å². The number of aromatic nitrogens is 2. The fourth-order valence-electron chi connectivity index (χ4n) is 4.59. The second-order valence-electron chi connectivity index (χ2n) is 10.4. The first-order valence-electron chi connectivity index (χ1n) is 13.8. The van der Waals surface area contributed by atoms with Crippen LogP contribution in [0.5, 0.6) is 0 Å². The molecule has 1 saturated heterocycles. The molecule has 1 aromatic carbocycles. The van der Waals surface area contributed by atoms with Gasteiger partial charge in [0.2, 0.25) is 0 Å². The molecule has 220 valence electrons. The van der Waals surface area contributed by atoms with Gasteiger partial charge in [0.05, 0.1) is 6.54 Å². The number of piperidine rings is 1. The number of nitrogens with one attached hydrogen (secondary N) is 1. The van der Waals surface area contributed by atoms with Crippen LogP contribution in [0.3, 0.4) is 0 Å².